The Balaban J connectivity index is 2.82. The number of nitrogens with zero attached hydrogens (tertiary/aromatic N) is 1. The first-order chi connectivity index (χ1) is 8.91. The summed E-state index contributed by atoms with van der Waals surface area (Å²) < 4.78 is 0.641. The molecule has 0 fully saturated rings. The van der Waals surface area contributed by atoms with Crippen LogP contribution in [0.1, 0.15) is 10.4 Å². The number of aromatic carboxylic acids is 1. The lowest BCUT2D eigenvalue weighted by Gasteiger charge is -2.07. The van der Waals surface area contributed by atoms with E-state index in [0.29, 0.717) is 9.59 Å². The molecule has 0 spiro atoms. The third kappa shape index (κ3) is 2.40. The van der Waals surface area contributed by atoms with Gasteiger partial charge in [0.25, 0.3) is 5.56 Å². The van der Waals surface area contributed by atoms with Gasteiger partial charge in [0.1, 0.15) is 5.56 Å². The number of halogens is 2. The minimum atomic E-state index is -1.44. The lowest BCUT2D eigenvalue weighted by Crippen LogP contribution is -2.36. The van der Waals surface area contributed by atoms with Crippen LogP contribution < -0.4 is 11.2 Å². The summed E-state index contributed by atoms with van der Waals surface area (Å²) in [6.45, 7) is 0. The number of carboxylic acids is 1. The summed E-state index contributed by atoms with van der Waals surface area (Å²) in [6, 6.07) is 4.13. The van der Waals surface area contributed by atoms with Crippen LogP contribution in [0.25, 0.3) is 5.69 Å². The molecule has 0 amide bonds. The smallest absolute Gasteiger partial charge is 0.342 e. The third-order valence-corrected chi connectivity index (χ3v) is 2.90. The number of rotatable bonds is 2. The summed E-state index contributed by atoms with van der Waals surface area (Å²) in [6.07, 6.45) is 0.841. The third-order valence-electron chi connectivity index (χ3n) is 2.36. The fraction of sp³-hybridized carbons (Fsp3) is 0. The SMILES string of the molecule is O=C(O)c1c[nH]c(=O)n(-c2ccc(Cl)cc2Cl)c1=O. The molecule has 98 valence electrons. The topological polar surface area (TPSA) is 92.2 Å². The van der Waals surface area contributed by atoms with Gasteiger partial charge in [-0.3, -0.25) is 4.79 Å². The molecule has 19 heavy (non-hydrogen) atoms. The van der Waals surface area contributed by atoms with Crippen molar-refractivity contribution >= 4 is 29.2 Å². The zero-order chi connectivity index (χ0) is 14.2. The van der Waals surface area contributed by atoms with Crippen molar-refractivity contribution in [1.82, 2.24) is 9.55 Å². The lowest BCUT2D eigenvalue weighted by atomic mass is 10.3. The highest BCUT2D eigenvalue weighted by atomic mass is 35.5. The molecule has 0 aliphatic carbocycles. The number of carbonyl (C=O) groups is 1. The maximum absolute atomic E-state index is 11.9. The number of aromatic nitrogens is 2. The standard InChI is InChI=1S/C11H6Cl2N2O4/c12-5-1-2-8(7(13)3-5)15-9(16)6(10(17)18)4-14-11(15)19/h1-4H,(H,14,19)(H,17,18). The number of hydrogen-bond acceptors (Lipinski definition) is 3. The molecule has 1 aromatic heterocycles. The molecular weight excluding hydrogens is 295 g/mol. The van der Waals surface area contributed by atoms with E-state index in [2.05, 4.69) is 4.98 Å². The second kappa shape index (κ2) is 4.91. The van der Waals surface area contributed by atoms with Gasteiger partial charge >= 0.3 is 11.7 Å². The Bertz CT molecular complexity index is 779. The zero-order valence-corrected chi connectivity index (χ0v) is 10.7. The van der Waals surface area contributed by atoms with E-state index in [0.717, 1.165) is 6.20 Å². The van der Waals surface area contributed by atoms with Gasteiger partial charge in [-0.2, -0.15) is 0 Å². The highest BCUT2D eigenvalue weighted by molar-refractivity contribution is 6.35. The van der Waals surface area contributed by atoms with E-state index >= 15 is 0 Å². The van der Waals surface area contributed by atoms with Crippen molar-refractivity contribution in [1.29, 1.82) is 0 Å². The monoisotopic (exact) mass is 300 g/mol. The zero-order valence-electron chi connectivity index (χ0n) is 9.18. The number of carboxylic acid groups (broad SMARTS) is 1. The molecule has 8 heteroatoms. The summed E-state index contributed by atoms with van der Waals surface area (Å²) in [5.41, 5.74) is -2.27. The highest BCUT2D eigenvalue weighted by Gasteiger charge is 2.16. The molecule has 0 aliphatic heterocycles. The van der Waals surface area contributed by atoms with Gasteiger partial charge < -0.3 is 10.1 Å². The number of H-pyrrole nitrogens is 1. The van der Waals surface area contributed by atoms with Crippen molar-refractivity contribution in [3.8, 4) is 5.69 Å². The molecule has 1 aromatic carbocycles. The minimum Gasteiger partial charge on any atom is -0.477 e. The van der Waals surface area contributed by atoms with Crippen LogP contribution in [0.15, 0.2) is 34.0 Å². The molecule has 2 N–H and O–H groups in total. The van der Waals surface area contributed by atoms with Gasteiger partial charge in [0.2, 0.25) is 0 Å². The fourth-order valence-electron chi connectivity index (χ4n) is 1.51. The molecule has 2 rings (SSSR count). The summed E-state index contributed by atoms with van der Waals surface area (Å²) >= 11 is 11.6. The molecule has 0 saturated heterocycles. The number of hydrogen-bond donors (Lipinski definition) is 2. The van der Waals surface area contributed by atoms with Crippen molar-refractivity contribution < 1.29 is 9.90 Å². The van der Waals surface area contributed by atoms with Crippen LogP contribution in [0, 0.1) is 0 Å². The van der Waals surface area contributed by atoms with Crippen LogP contribution in [-0.2, 0) is 0 Å². The molecular formula is C11H6Cl2N2O4. The van der Waals surface area contributed by atoms with Crippen molar-refractivity contribution in [3.63, 3.8) is 0 Å². The Morgan fingerprint density at radius 1 is 1.26 bits per heavy atom. The van der Waals surface area contributed by atoms with Gasteiger partial charge in [0.05, 0.1) is 10.7 Å². The van der Waals surface area contributed by atoms with Crippen molar-refractivity contribution in [2.24, 2.45) is 0 Å². The molecule has 0 radical (unpaired) electrons. The number of nitrogens with one attached hydrogen (secondary N) is 1. The highest BCUT2D eigenvalue weighted by Crippen LogP contribution is 2.22. The number of aromatic amines is 1. The van der Waals surface area contributed by atoms with E-state index in [1.807, 2.05) is 0 Å². The Morgan fingerprint density at radius 3 is 2.53 bits per heavy atom. The Hall–Kier alpha value is -2.05. The maximum Gasteiger partial charge on any atom is 0.342 e. The van der Waals surface area contributed by atoms with Crippen LogP contribution in [0.2, 0.25) is 10.0 Å². The van der Waals surface area contributed by atoms with E-state index in [9.17, 15) is 14.4 Å². The average molecular weight is 301 g/mol. The molecule has 0 saturated carbocycles. The molecule has 2 aromatic rings. The van der Waals surface area contributed by atoms with Gasteiger partial charge in [-0.1, -0.05) is 23.2 Å². The van der Waals surface area contributed by atoms with Crippen molar-refractivity contribution in [3.05, 3.63) is 60.8 Å². The Morgan fingerprint density at radius 2 is 1.95 bits per heavy atom. The van der Waals surface area contributed by atoms with Crippen molar-refractivity contribution in [2.45, 2.75) is 0 Å². The van der Waals surface area contributed by atoms with Crippen molar-refractivity contribution in [2.75, 3.05) is 0 Å². The Labute approximate surface area is 115 Å². The van der Waals surface area contributed by atoms with Gasteiger partial charge in [-0.25, -0.2) is 14.2 Å². The average Bonchev–Trinajstić information content (AvgIpc) is 2.31. The predicted octanol–water partition coefficient (Wildman–Crippen LogP) is 1.53. The first kappa shape index (κ1) is 13.4. The number of benzene rings is 1. The van der Waals surface area contributed by atoms with Crippen LogP contribution in [0.5, 0.6) is 0 Å². The quantitative estimate of drug-likeness (QED) is 0.880. The van der Waals surface area contributed by atoms with Gasteiger partial charge in [-0.15, -0.1) is 0 Å². The van der Waals surface area contributed by atoms with Crippen LogP contribution >= 0.6 is 23.2 Å². The first-order valence-electron chi connectivity index (χ1n) is 4.95. The van der Waals surface area contributed by atoms with E-state index in [1.165, 1.54) is 18.2 Å². The fourth-order valence-corrected chi connectivity index (χ4v) is 2.00. The lowest BCUT2D eigenvalue weighted by molar-refractivity contribution is 0.0694. The Kier molecular flexibility index (Phi) is 3.46. The van der Waals surface area contributed by atoms with E-state index in [-0.39, 0.29) is 10.7 Å². The second-order valence-corrected chi connectivity index (χ2v) is 4.39. The first-order valence-corrected chi connectivity index (χ1v) is 5.71. The predicted molar refractivity (Wildman–Crippen MR) is 69.6 cm³/mol. The summed E-state index contributed by atoms with van der Waals surface area (Å²) in [5, 5.41) is 9.24. The second-order valence-electron chi connectivity index (χ2n) is 3.55. The van der Waals surface area contributed by atoms with Crippen LogP contribution in [-0.4, -0.2) is 20.6 Å². The van der Waals surface area contributed by atoms with Gasteiger partial charge in [0.15, 0.2) is 0 Å². The van der Waals surface area contributed by atoms with E-state index in [1.54, 1.807) is 0 Å². The summed E-state index contributed by atoms with van der Waals surface area (Å²) in [7, 11) is 0. The molecule has 0 atom stereocenters. The maximum atomic E-state index is 11.9. The summed E-state index contributed by atoms with van der Waals surface area (Å²) in [5.74, 6) is -1.44. The molecule has 6 nitrogen and oxygen atoms in total. The van der Waals surface area contributed by atoms with Crippen LogP contribution in [0.4, 0.5) is 0 Å². The molecule has 0 bridgehead atoms. The normalized spacial score (nSPS) is 10.4. The summed E-state index contributed by atoms with van der Waals surface area (Å²) in [4.78, 5) is 36.6. The van der Waals surface area contributed by atoms with Crippen LogP contribution in [0.3, 0.4) is 0 Å². The molecule has 0 aliphatic rings. The van der Waals surface area contributed by atoms with Gasteiger partial charge in [-0.05, 0) is 18.2 Å². The molecule has 0 unspecified atom stereocenters. The van der Waals surface area contributed by atoms with E-state index < -0.39 is 22.8 Å². The minimum absolute atomic E-state index is 0.0559. The molecule has 1 heterocycles. The largest absolute Gasteiger partial charge is 0.477 e. The van der Waals surface area contributed by atoms with Gasteiger partial charge in [0, 0.05) is 11.2 Å². The van der Waals surface area contributed by atoms with E-state index in [4.69, 9.17) is 28.3 Å².